The Balaban J connectivity index is 1.91. The van der Waals surface area contributed by atoms with Gasteiger partial charge in [0.15, 0.2) is 17.1 Å². The second kappa shape index (κ2) is 9.30. The molecule has 0 spiro atoms. The summed E-state index contributed by atoms with van der Waals surface area (Å²) in [5.41, 5.74) is -0.846. The van der Waals surface area contributed by atoms with Crippen LogP contribution < -0.4 is 9.47 Å². The van der Waals surface area contributed by atoms with Crippen LogP contribution in [0.25, 0.3) is 0 Å². The fourth-order valence-electron chi connectivity index (χ4n) is 5.05. The smallest absolute Gasteiger partial charge is 0.303 e. The number of methoxy groups -OCH3 is 1. The van der Waals surface area contributed by atoms with Crippen LogP contribution in [0.15, 0.2) is 18.2 Å². The number of aliphatic hydroxyl groups is 1. The minimum atomic E-state index is -1.27. The molecule has 1 unspecified atom stereocenters. The van der Waals surface area contributed by atoms with Crippen LogP contribution in [0, 0.1) is 5.41 Å². The van der Waals surface area contributed by atoms with Crippen molar-refractivity contribution in [3.63, 3.8) is 0 Å². The Morgan fingerprint density at radius 1 is 1.22 bits per heavy atom. The Hall–Kier alpha value is -2.28. The van der Waals surface area contributed by atoms with Gasteiger partial charge in [0, 0.05) is 31.3 Å². The lowest BCUT2D eigenvalue weighted by Crippen LogP contribution is -2.48. The first-order chi connectivity index (χ1) is 15.0. The second-order valence-corrected chi connectivity index (χ2v) is 9.96. The number of rotatable bonds is 7. The number of ether oxygens (including phenoxy) is 3. The number of nitrogens with zero attached hydrogens (tertiary/aromatic N) is 1. The van der Waals surface area contributed by atoms with E-state index in [0.29, 0.717) is 24.6 Å². The first-order valence-corrected chi connectivity index (χ1v) is 11.5. The van der Waals surface area contributed by atoms with E-state index in [2.05, 4.69) is 0 Å². The molecule has 1 amide bonds. The molecule has 178 valence electrons. The number of hydrogen-bond donors (Lipinski definition) is 1. The van der Waals surface area contributed by atoms with Gasteiger partial charge in [-0.05, 0) is 64.2 Å². The van der Waals surface area contributed by atoms with E-state index in [1.807, 2.05) is 25.1 Å². The SMILES string of the molecule is COc1ccc([C@@H]2CN(C(=O)C(C)(C)OC(C)=O)C[C@@]2(C)C(C)O)cc1OC1CCCC1. The molecule has 1 aromatic carbocycles. The molecular formula is C25H37NO6. The summed E-state index contributed by atoms with van der Waals surface area (Å²) in [6.07, 6.45) is 3.96. The third-order valence-corrected chi connectivity index (χ3v) is 7.07. The van der Waals surface area contributed by atoms with Gasteiger partial charge in [-0.25, -0.2) is 0 Å². The number of aliphatic hydroxyl groups excluding tert-OH is 1. The van der Waals surface area contributed by atoms with Crippen LogP contribution in [0.3, 0.4) is 0 Å². The van der Waals surface area contributed by atoms with E-state index in [4.69, 9.17) is 14.2 Å². The van der Waals surface area contributed by atoms with Crippen molar-refractivity contribution in [1.29, 1.82) is 0 Å². The largest absolute Gasteiger partial charge is 0.493 e. The van der Waals surface area contributed by atoms with Gasteiger partial charge in [0.05, 0.1) is 19.3 Å². The number of carbonyl (C=O) groups is 2. The molecule has 3 rings (SSSR count). The molecule has 1 N–H and O–H groups in total. The van der Waals surface area contributed by atoms with Gasteiger partial charge < -0.3 is 24.2 Å². The van der Waals surface area contributed by atoms with Crippen LogP contribution in [0.4, 0.5) is 0 Å². The van der Waals surface area contributed by atoms with Gasteiger partial charge in [0.1, 0.15) is 0 Å². The number of esters is 1. The average molecular weight is 448 g/mol. The second-order valence-electron chi connectivity index (χ2n) is 9.96. The molecular weight excluding hydrogens is 410 g/mol. The van der Waals surface area contributed by atoms with E-state index in [-0.39, 0.29) is 17.9 Å². The van der Waals surface area contributed by atoms with Gasteiger partial charge in [-0.1, -0.05) is 13.0 Å². The lowest BCUT2D eigenvalue weighted by Gasteiger charge is -2.34. The van der Waals surface area contributed by atoms with Crippen LogP contribution in [0.2, 0.25) is 0 Å². The Kier molecular flexibility index (Phi) is 7.08. The van der Waals surface area contributed by atoms with Crippen molar-refractivity contribution in [2.24, 2.45) is 5.41 Å². The fourth-order valence-corrected chi connectivity index (χ4v) is 5.05. The molecule has 7 heteroatoms. The quantitative estimate of drug-likeness (QED) is 0.642. The lowest BCUT2D eigenvalue weighted by atomic mass is 9.72. The summed E-state index contributed by atoms with van der Waals surface area (Å²) in [4.78, 5) is 26.4. The maximum atomic E-state index is 13.2. The molecule has 1 saturated heterocycles. The number of amides is 1. The van der Waals surface area contributed by atoms with Crippen molar-refractivity contribution < 1.29 is 28.9 Å². The molecule has 1 aliphatic heterocycles. The van der Waals surface area contributed by atoms with Crippen molar-refractivity contribution >= 4 is 11.9 Å². The number of likely N-dealkylation sites (tertiary alicyclic amines) is 1. The minimum absolute atomic E-state index is 0.114. The molecule has 1 aromatic rings. The molecule has 3 atom stereocenters. The highest BCUT2D eigenvalue weighted by molar-refractivity contribution is 5.87. The molecule has 1 heterocycles. The summed E-state index contributed by atoms with van der Waals surface area (Å²) in [5.74, 6) is 0.506. The fraction of sp³-hybridized carbons (Fsp3) is 0.680. The van der Waals surface area contributed by atoms with Crippen LogP contribution in [-0.4, -0.2) is 59.9 Å². The van der Waals surface area contributed by atoms with E-state index >= 15 is 0 Å². The van der Waals surface area contributed by atoms with Gasteiger partial charge >= 0.3 is 5.97 Å². The monoisotopic (exact) mass is 447 g/mol. The van der Waals surface area contributed by atoms with Crippen LogP contribution in [0.5, 0.6) is 11.5 Å². The highest BCUT2D eigenvalue weighted by atomic mass is 16.6. The van der Waals surface area contributed by atoms with Gasteiger partial charge in [-0.2, -0.15) is 0 Å². The van der Waals surface area contributed by atoms with Crippen molar-refractivity contribution in [3.05, 3.63) is 23.8 Å². The molecule has 0 aromatic heterocycles. The third-order valence-electron chi connectivity index (χ3n) is 7.07. The Bertz CT molecular complexity index is 845. The summed E-state index contributed by atoms with van der Waals surface area (Å²) in [6.45, 7) is 9.04. The summed E-state index contributed by atoms with van der Waals surface area (Å²) >= 11 is 0. The molecule has 7 nitrogen and oxygen atoms in total. The maximum Gasteiger partial charge on any atom is 0.303 e. The third kappa shape index (κ3) is 4.87. The molecule has 1 aliphatic carbocycles. The molecule has 0 radical (unpaired) electrons. The highest BCUT2D eigenvalue weighted by Gasteiger charge is 2.51. The van der Waals surface area contributed by atoms with Crippen LogP contribution >= 0.6 is 0 Å². The zero-order chi connectivity index (χ0) is 23.7. The van der Waals surface area contributed by atoms with E-state index in [0.717, 1.165) is 18.4 Å². The van der Waals surface area contributed by atoms with Gasteiger partial charge in [0.2, 0.25) is 0 Å². The molecule has 2 fully saturated rings. The average Bonchev–Trinajstić information content (AvgIpc) is 3.34. The molecule has 0 bridgehead atoms. The van der Waals surface area contributed by atoms with E-state index in [1.165, 1.54) is 19.8 Å². The Labute approximate surface area is 191 Å². The number of carbonyl (C=O) groups excluding carboxylic acids is 2. The minimum Gasteiger partial charge on any atom is -0.493 e. The van der Waals surface area contributed by atoms with Crippen molar-refractivity contribution in [1.82, 2.24) is 4.90 Å². The lowest BCUT2D eigenvalue weighted by molar-refractivity contribution is -0.168. The van der Waals surface area contributed by atoms with Gasteiger partial charge in [-0.15, -0.1) is 0 Å². The Morgan fingerprint density at radius 3 is 2.44 bits per heavy atom. The number of benzene rings is 1. The summed E-state index contributed by atoms with van der Waals surface area (Å²) in [6, 6.07) is 5.87. The van der Waals surface area contributed by atoms with Crippen LogP contribution in [-0.2, 0) is 14.3 Å². The van der Waals surface area contributed by atoms with Crippen molar-refractivity contribution in [2.45, 2.75) is 84.0 Å². The molecule has 32 heavy (non-hydrogen) atoms. The summed E-state index contributed by atoms with van der Waals surface area (Å²) in [5, 5.41) is 10.7. The van der Waals surface area contributed by atoms with Crippen LogP contribution in [0.1, 0.15) is 71.8 Å². The van der Waals surface area contributed by atoms with E-state index < -0.39 is 23.1 Å². The van der Waals surface area contributed by atoms with Crippen molar-refractivity contribution in [2.75, 3.05) is 20.2 Å². The normalized spacial score (nSPS) is 25.0. The van der Waals surface area contributed by atoms with E-state index in [1.54, 1.807) is 32.8 Å². The predicted molar refractivity (Wildman–Crippen MR) is 121 cm³/mol. The first-order valence-electron chi connectivity index (χ1n) is 11.5. The first kappa shape index (κ1) is 24.4. The highest BCUT2D eigenvalue weighted by Crippen LogP contribution is 2.47. The zero-order valence-corrected chi connectivity index (χ0v) is 20.1. The Morgan fingerprint density at radius 2 is 1.88 bits per heavy atom. The van der Waals surface area contributed by atoms with Crippen molar-refractivity contribution in [3.8, 4) is 11.5 Å². The van der Waals surface area contributed by atoms with Gasteiger partial charge in [0.25, 0.3) is 5.91 Å². The summed E-state index contributed by atoms with van der Waals surface area (Å²) < 4.78 is 17.1. The topological polar surface area (TPSA) is 85.3 Å². The predicted octanol–water partition coefficient (Wildman–Crippen LogP) is 3.67. The molecule has 2 aliphatic rings. The molecule has 1 saturated carbocycles. The maximum absolute atomic E-state index is 13.2. The van der Waals surface area contributed by atoms with Gasteiger partial charge in [-0.3, -0.25) is 9.59 Å². The zero-order valence-electron chi connectivity index (χ0n) is 20.1. The standard InChI is InChI=1S/C25H37NO6/c1-16(27)25(5)15-26(23(29)24(3,4)32-17(2)28)14-20(25)18-11-12-21(30-6)22(13-18)31-19-9-7-8-10-19/h11-13,16,19-20,27H,7-10,14-15H2,1-6H3/t16?,20-,25-/m0/s1. The number of hydrogen-bond acceptors (Lipinski definition) is 6. The van der Waals surface area contributed by atoms with E-state index in [9.17, 15) is 14.7 Å². The summed E-state index contributed by atoms with van der Waals surface area (Å²) in [7, 11) is 1.63.